The lowest BCUT2D eigenvalue weighted by Gasteiger charge is -2.26. The maximum atomic E-state index is 13.0. The Morgan fingerprint density at radius 3 is 0.777 bits per heavy atom. The van der Waals surface area contributed by atoms with Crippen LogP contribution in [0.5, 0.6) is 0 Å². The Kier molecular flexibility index (Phi) is 78.5. The number of carboxylic acids is 1. The standard InChI is InChI=1S/C94H159NO8/c1-6-8-10-12-14-16-18-20-22-24-26-28-30-32-34-36-38-40-42-44-45-46-47-49-50-52-54-56-58-60-62-64-66-68-70-72-74-76-78-80-82-84-91(96)101-88-90(89-102-94(93(98)99)100-87-86-95(3,4)5)103-92(97)85-83-81-79-77-75-73-71-69-67-65-63-61-59-57-55-53-51-48-43-41-39-37-35-33-31-29-27-25-23-21-19-17-15-13-11-9-7-2/h8-11,14-17,20-23,26-29,32-35,39,41,48,51,55,57,90,94H,6-7,12-13,18-19,24-25,30-31,36-38,40,42-47,49-50,52-54,56,58-89H2,1-5H3/b10-8-,11-9-,16-14-,17-15-,22-20-,23-21-,28-26-,29-27-,34-32-,35-33-,41-39-,51-48-,57-55-. The SMILES string of the molecule is CC/C=C\C/C=C\C/C=C\C/C=C\C/C=C\C/C=C\C/C=C\C/C=C\CCCCCCCCCCCCCCC(=O)OC(COC(=O)CCCCCCCCCCCCCCCCCCCCCCCCCCC/C=C\C/C=C\C/C=C\C/C=C\C/C=C\CC)COC(OCC[N+](C)(C)C)C(=O)[O-]. The first-order chi connectivity index (χ1) is 50.6. The number of carbonyl (C=O) groups excluding carboxylic acids is 3. The predicted molar refractivity (Wildman–Crippen MR) is 444 cm³/mol. The molecule has 0 aliphatic rings. The van der Waals surface area contributed by atoms with Crippen LogP contribution in [0.15, 0.2) is 158 Å². The number of nitrogens with zero attached hydrogens (tertiary/aromatic N) is 1. The summed E-state index contributed by atoms with van der Waals surface area (Å²) in [5.74, 6) is -2.28. The van der Waals surface area contributed by atoms with Crippen LogP contribution >= 0.6 is 0 Å². The second kappa shape index (κ2) is 82.6. The van der Waals surface area contributed by atoms with Gasteiger partial charge in [-0.1, -0.05) is 384 Å². The number of hydrogen-bond acceptors (Lipinski definition) is 8. The molecule has 2 unspecified atom stereocenters. The van der Waals surface area contributed by atoms with E-state index in [0.29, 0.717) is 17.4 Å². The lowest BCUT2D eigenvalue weighted by atomic mass is 10.0. The van der Waals surface area contributed by atoms with Gasteiger partial charge in [0.1, 0.15) is 13.2 Å². The second-order valence-corrected chi connectivity index (χ2v) is 29.4. The summed E-state index contributed by atoms with van der Waals surface area (Å²) in [6.45, 7) is 4.55. The van der Waals surface area contributed by atoms with Gasteiger partial charge >= 0.3 is 11.9 Å². The summed E-state index contributed by atoms with van der Waals surface area (Å²) in [5, 5.41) is 11.9. The first-order valence-corrected chi connectivity index (χ1v) is 42.6. The Morgan fingerprint density at radius 2 is 0.524 bits per heavy atom. The number of carbonyl (C=O) groups is 3. The van der Waals surface area contributed by atoms with Crippen LogP contribution in [0.4, 0.5) is 0 Å². The number of carboxylic acid groups (broad SMARTS) is 1. The minimum atomic E-state index is -1.63. The van der Waals surface area contributed by atoms with Crippen LogP contribution in [-0.4, -0.2) is 82.3 Å². The number of ether oxygens (including phenoxy) is 4. The summed E-state index contributed by atoms with van der Waals surface area (Å²) in [4.78, 5) is 37.7. The molecule has 0 radical (unpaired) electrons. The van der Waals surface area contributed by atoms with Crippen LogP contribution < -0.4 is 5.11 Å². The zero-order valence-corrected chi connectivity index (χ0v) is 67.4. The van der Waals surface area contributed by atoms with Crippen LogP contribution in [0, 0.1) is 0 Å². The molecule has 103 heavy (non-hydrogen) atoms. The molecule has 0 aromatic rings. The van der Waals surface area contributed by atoms with Crippen molar-refractivity contribution in [3.8, 4) is 0 Å². The van der Waals surface area contributed by atoms with E-state index >= 15 is 0 Å². The van der Waals surface area contributed by atoms with E-state index in [1.807, 2.05) is 21.1 Å². The first-order valence-electron chi connectivity index (χ1n) is 42.6. The Morgan fingerprint density at radius 1 is 0.291 bits per heavy atom. The van der Waals surface area contributed by atoms with Gasteiger partial charge in [0.2, 0.25) is 0 Å². The molecule has 0 heterocycles. The van der Waals surface area contributed by atoms with Crippen molar-refractivity contribution in [3.63, 3.8) is 0 Å². The van der Waals surface area contributed by atoms with Crippen LogP contribution in [0.3, 0.4) is 0 Å². The molecule has 0 bridgehead atoms. The number of aliphatic carboxylic acids is 1. The molecular formula is C94H159NO8. The van der Waals surface area contributed by atoms with Gasteiger partial charge in [-0.3, -0.25) is 9.59 Å². The highest BCUT2D eigenvalue weighted by molar-refractivity contribution is 5.70. The molecule has 0 amide bonds. The second-order valence-electron chi connectivity index (χ2n) is 29.4. The van der Waals surface area contributed by atoms with E-state index < -0.39 is 24.3 Å². The Bertz CT molecular complexity index is 2270. The molecule has 588 valence electrons. The largest absolute Gasteiger partial charge is 0.545 e. The fourth-order valence-electron chi connectivity index (χ4n) is 11.9. The molecule has 0 N–H and O–H groups in total. The number of esters is 2. The Balaban J connectivity index is 4.00. The third-order valence-corrected chi connectivity index (χ3v) is 18.3. The number of quaternary nitrogens is 1. The predicted octanol–water partition coefficient (Wildman–Crippen LogP) is 26.6. The molecule has 0 aromatic carbocycles. The third-order valence-electron chi connectivity index (χ3n) is 18.3. The average molecular weight is 1430 g/mol. The molecular weight excluding hydrogens is 1270 g/mol. The van der Waals surface area contributed by atoms with Crippen LogP contribution in [0.25, 0.3) is 0 Å². The van der Waals surface area contributed by atoms with Gasteiger partial charge < -0.3 is 33.3 Å². The van der Waals surface area contributed by atoms with Crippen molar-refractivity contribution < 1.29 is 42.9 Å². The summed E-state index contributed by atoms with van der Waals surface area (Å²) < 4.78 is 22.9. The molecule has 0 fully saturated rings. The summed E-state index contributed by atoms with van der Waals surface area (Å²) in [7, 11) is 5.94. The van der Waals surface area contributed by atoms with E-state index in [4.69, 9.17) is 18.9 Å². The fourth-order valence-corrected chi connectivity index (χ4v) is 11.9. The van der Waals surface area contributed by atoms with Crippen LogP contribution in [-0.2, 0) is 33.3 Å². The maximum absolute atomic E-state index is 13.0. The highest BCUT2D eigenvalue weighted by atomic mass is 16.7. The molecule has 0 aromatic heterocycles. The summed E-state index contributed by atoms with van der Waals surface area (Å²) in [6.07, 6.45) is 120. The number of rotatable bonds is 78. The first kappa shape index (κ1) is 97.9. The molecule has 0 saturated carbocycles. The molecule has 0 rings (SSSR count). The fraction of sp³-hybridized carbons (Fsp3) is 0.691. The monoisotopic (exact) mass is 1430 g/mol. The van der Waals surface area contributed by atoms with E-state index in [1.54, 1.807) is 0 Å². The summed E-state index contributed by atoms with van der Waals surface area (Å²) in [6, 6.07) is 0. The van der Waals surface area contributed by atoms with Crippen molar-refractivity contribution in [3.05, 3.63) is 158 Å². The van der Waals surface area contributed by atoms with E-state index in [1.165, 1.54) is 205 Å². The van der Waals surface area contributed by atoms with Crippen LogP contribution in [0.2, 0.25) is 0 Å². The van der Waals surface area contributed by atoms with Gasteiger partial charge in [0.05, 0.1) is 40.3 Å². The zero-order chi connectivity index (χ0) is 74.6. The van der Waals surface area contributed by atoms with E-state index in [2.05, 4.69) is 172 Å². The van der Waals surface area contributed by atoms with Crippen molar-refractivity contribution in [1.29, 1.82) is 0 Å². The summed E-state index contributed by atoms with van der Waals surface area (Å²) in [5.41, 5.74) is 0. The van der Waals surface area contributed by atoms with Gasteiger partial charge in [-0.2, -0.15) is 0 Å². The van der Waals surface area contributed by atoms with Gasteiger partial charge in [0.25, 0.3) is 0 Å². The third kappa shape index (κ3) is 84.1. The number of unbranched alkanes of at least 4 members (excludes halogenated alkanes) is 37. The van der Waals surface area contributed by atoms with Crippen LogP contribution in [0.1, 0.15) is 361 Å². The maximum Gasteiger partial charge on any atom is 0.306 e. The zero-order valence-electron chi connectivity index (χ0n) is 67.4. The molecule has 0 spiro atoms. The highest BCUT2D eigenvalue weighted by Gasteiger charge is 2.22. The summed E-state index contributed by atoms with van der Waals surface area (Å²) >= 11 is 0. The molecule has 0 aliphatic heterocycles. The van der Waals surface area contributed by atoms with E-state index in [-0.39, 0.29) is 38.6 Å². The van der Waals surface area contributed by atoms with Gasteiger partial charge in [0.15, 0.2) is 12.4 Å². The molecule has 2 atom stereocenters. The number of likely N-dealkylation sites (N-methyl/N-ethyl adjacent to an activating group) is 1. The van der Waals surface area contributed by atoms with E-state index in [0.717, 1.165) is 122 Å². The molecule has 9 heteroatoms. The van der Waals surface area contributed by atoms with Gasteiger partial charge in [0, 0.05) is 12.8 Å². The lowest BCUT2D eigenvalue weighted by Crippen LogP contribution is -2.44. The topological polar surface area (TPSA) is 111 Å². The Hall–Kier alpha value is -5.09. The minimum Gasteiger partial charge on any atom is -0.545 e. The Labute approximate surface area is 635 Å². The number of hydrogen-bond donors (Lipinski definition) is 0. The quantitative estimate of drug-likeness (QED) is 0.0195. The van der Waals surface area contributed by atoms with Crippen molar-refractivity contribution in [2.45, 2.75) is 373 Å². The average Bonchev–Trinajstić information content (AvgIpc) is 1.16. The van der Waals surface area contributed by atoms with Crippen molar-refractivity contribution in [2.75, 3.05) is 47.5 Å². The number of allylic oxidation sites excluding steroid dienone is 26. The normalized spacial score (nSPS) is 13.4. The van der Waals surface area contributed by atoms with Gasteiger partial charge in [-0.05, 0) is 122 Å². The lowest BCUT2D eigenvalue weighted by molar-refractivity contribution is -0.870. The van der Waals surface area contributed by atoms with E-state index in [9.17, 15) is 19.5 Å². The minimum absolute atomic E-state index is 0.143. The molecule has 0 aliphatic carbocycles. The molecule has 0 saturated heterocycles. The van der Waals surface area contributed by atoms with Crippen molar-refractivity contribution >= 4 is 17.9 Å². The molecule has 9 nitrogen and oxygen atoms in total. The van der Waals surface area contributed by atoms with Gasteiger partial charge in [-0.15, -0.1) is 0 Å². The van der Waals surface area contributed by atoms with Crippen molar-refractivity contribution in [1.82, 2.24) is 0 Å². The van der Waals surface area contributed by atoms with Gasteiger partial charge in [-0.25, -0.2) is 0 Å². The highest BCUT2D eigenvalue weighted by Crippen LogP contribution is 2.19. The smallest absolute Gasteiger partial charge is 0.306 e. The van der Waals surface area contributed by atoms with Crippen molar-refractivity contribution in [2.24, 2.45) is 0 Å².